The summed E-state index contributed by atoms with van der Waals surface area (Å²) in [5.41, 5.74) is 1.38. The minimum absolute atomic E-state index is 0.191. The molecule has 3 heteroatoms. The van der Waals surface area contributed by atoms with Gasteiger partial charge >= 0.3 is 5.97 Å². The summed E-state index contributed by atoms with van der Waals surface area (Å²) < 4.78 is 4.86. The van der Waals surface area contributed by atoms with Crippen molar-refractivity contribution in [3.63, 3.8) is 0 Å². The Morgan fingerprint density at radius 3 is 2.72 bits per heavy atom. The Hall–Kier alpha value is -1.82. The van der Waals surface area contributed by atoms with E-state index in [2.05, 4.69) is 6.07 Å². The molecule has 0 N–H and O–H groups in total. The molecule has 1 unspecified atom stereocenters. The summed E-state index contributed by atoms with van der Waals surface area (Å²) in [5.74, 6) is -0.293. The summed E-state index contributed by atoms with van der Waals surface area (Å²) in [6.45, 7) is 4.00. The third-order valence-corrected chi connectivity index (χ3v) is 3.31. The van der Waals surface area contributed by atoms with Crippen molar-refractivity contribution < 1.29 is 9.53 Å². The lowest BCUT2D eigenvalue weighted by Crippen LogP contribution is -2.34. The Morgan fingerprint density at radius 2 is 2.11 bits per heavy atom. The molecule has 1 aromatic carbocycles. The van der Waals surface area contributed by atoms with E-state index in [4.69, 9.17) is 10.00 Å². The summed E-state index contributed by atoms with van der Waals surface area (Å²) in [7, 11) is 1.38. The van der Waals surface area contributed by atoms with E-state index in [0.29, 0.717) is 6.42 Å². The topological polar surface area (TPSA) is 50.1 Å². The Morgan fingerprint density at radius 1 is 1.44 bits per heavy atom. The molecule has 0 aromatic heterocycles. The average molecular weight is 245 g/mol. The first kappa shape index (κ1) is 14.2. The number of fused-ring (bicyclic) bond motifs is 1. The van der Waals surface area contributed by atoms with Gasteiger partial charge in [-0.2, -0.15) is 5.26 Å². The van der Waals surface area contributed by atoms with Gasteiger partial charge in [0, 0.05) is 0 Å². The molecule has 0 radical (unpaired) electrons. The molecule has 2 rings (SSSR count). The van der Waals surface area contributed by atoms with Crippen molar-refractivity contribution in [2.24, 2.45) is 0 Å². The van der Waals surface area contributed by atoms with Crippen molar-refractivity contribution in [1.29, 1.82) is 5.26 Å². The second kappa shape index (κ2) is 6.20. The number of rotatable bonds is 2. The molecule has 1 atom stereocenters. The highest BCUT2D eigenvalue weighted by atomic mass is 16.5. The van der Waals surface area contributed by atoms with Crippen LogP contribution in [0, 0.1) is 11.3 Å². The van der Waals surface area contributed by atoms with Gasteiger partial charge in [-0.1, -0.05) is 38.1 Å². The number of nitriles is 1. The lowest BCUT2D eigenvalue weighted by Gasteiger charge is -2.24. The number of hydrogen-bond donors (Lipinski definition) is 0. The Labute approximate surface area is 108 Å². The second-order valence-corrected chi connectivity index (χ2v) is 4.07. The van der Waals surface area contributed by atoms with E-state index in [9.17, 15) is 4.79 Å². The van der Waals surface area contributed by atoms with Crippen LogP contribution in [0.2, 0.25) is 0 Å². The number of nitrogens with zero attached hydrogens (tertiary/aromatic N) is 1. The maximum absolute atomic E-state index is 11.9. The summed E-state index contributed by atoms with van der Waals surface area (Å²) >= 11 is 0. The van der Waals surface area contributed by atoms with Crippen molar-refractivity contribution in [3.8, 4) is 6.07 Å². The molecule has 0 fully saturated rings. The zero-order chi connectivity index (χ0) is 13.6. The van der Waals surface area contributed by atoms with Crippen LogP contribution in [-0.2, 0) is 21.4 Å². The number of carbonyl (C=O) groups is 1. The lowest BCUT2D eigenvalue weighted by molar-refractivity contribution is -0.147. The van der Waals surface area contributed by atoms with Gasteiger partial charge in [-0.3, -0.25) is 4.79 Å². The van der Waals surface area contributed by atoms with Gasteiger partial charge in [-0.15, -0.1) is 0 Å². The SMILES string of the molecule is CC.COC(=O)C1(CC#N)CCc2ccccc21. The first-order valence-electron chi connectivity index (χ1n) is 6.28. The number of aryl methyl sites for hydroxylation is 1. The Balaban J connectivity index is 0.000000771. The predicted octanol–water partition coefficient (Wildman–Crippen LogP) is 2.98. The molecule has 0 aliphatic heterocycles. The van der Waals surface area contributed by atoms with Crippen LogP contribution in [0.5, 0.6) is 0 Å². The van der Waals surface area contributed by atoms with E-state index in [1.165, 1.54) is 7.11 Å². The maximum Gasteiger partial charge on any atom is 0.317 e. The van der Waals surface area contributed by atoms with Crippen LogP contribution in [0.1, 0.15) is 37.8 Å². The fourth-order valence-electron chi connectivity index (χ4n) is 2.49. The molecular weight excluding hydrogens is 226 g/mol. The highest BCUT2D eigenvalue weighted by molar-refractivity contribution is 5.85. The number of hydrogen-bond acceptors (Lipinski definition) is 3. The largest absolute Gasteiger partial charge is 0.468 e. The summed E-state index contributed by atoms with van der Waals surface area (Å²) in [6.07, 6.45) is 1.70. The monoisotopic (exact) mass is 245 g/mol. The molecular formula is C15H19NO2. The molecule has 3 nitrogen and oxygen atoms in total. The first-order chi connectivity index (χ1) is 8.74. The van der Waals surface area contributed by atoms with Crippen LogP contribution in [0.4, 0.5) is 0 Å². The van der Waals surface area contributed by atoms with Crippen LogP contribution < -0.4 is 0 Å². The molecule has 0 amide bonds. The average Bonchev–Trinajstić information content (AvgIpc) is 2.81. The minimum atomic E-state index is -0.736. The van der Waals surface area contributed by atoms with E-state index < -0.39 is 5.41 Å². The Bertz CT molecular complexity index is 462. The van der Waals surface area contributed by atoms with Crippen LogP contribution in [0.3, 0.4) is 0 Å². The minimum Gasteiger partial charge on any atom is -0.468 e. The van der Waals surface area contributed by atoms with Gasteiger partial charge in [0.25, 0.3) is 0 Å². The number of methoxy groups -OCH3 is 1. The zero-order valence-corrected chi connectivity index (χ0v) is 11.2. The zero-order valence-electron chi connectivity index (χ0n) is 11.2. The molecule has 1 aromatic rings. The highest BCUT2D eigenvalue weighted by Gasteiger charge is 2.46. The third-order valence-electron chi connectivity index (χ3n) is 3.31. The van der Waals surface area contributed by atoms with Gasteiger partial charge in [0.15, 0.2) is 0 Å². The van der Waals surface area contributed by atoms with Crippen LogP contribution in [0.15, 0.2) is 24.3 Å². The standard InChI is InChI=1S/C13H13NO2.C2H6/c1-16-12(15)13(8-9-14)7-6-10-4-2-3-5-11(10)13;1-2/h2-5H,6-8H2,1H3;1-2H3. The molecule has 96 valence electrons. The summed E-state index contributed by atoms with van der Waals surface area (Å²) in [4.78, 5) is 11.9. The summed E-state index contributed by atoms with van der Waals surface area (Å²) in [6, 6.07) is 9.90. The van der Waals surface area contributed by atoms with Gasteiger partial charge in [-0.05, 0) is 24.0 Å². The van der Waals surface area contributed by atoms with Crippen LogP contribution in [0.25, 0.3) is 0 Å². The van der Waals surface area contributed by atoms with Gasteiger partial charge < -0.3 is 4.74 Å². The number of ether oxygens (including phenoxy) is 1. The molecule has 0 saturated carbocycles. The summed E-state index contributed by atoms with van der Waals surface area (Å²) in [5, 5.41) is 8.90. The van der Waals surface area contributed by atoms with E-state index >= 15 is 0 Å². The van der Waals surface area contributed by atoms with E-state index in [1.54, 1.807) is 0 Å². The quantitative estimate of drug-likeness (QED) is 0.753. The van der Waals surface area contributed by atoms with E-state index in [0.717, 1.165) is 17.5 Å². The fourth-order valence-corrected chi connectivity index (χ4v) is 2.49. The highest BCUT2D eigenvalue weighted by Crippen LogP contribution is 2.42. The van der Waals surface area contributed by atoms with Gasteiger partial charge in [0.1, 0.15) is 5.41 Å². The molecule has 0 spiro atoms. The molecule has 0 heterocycles. The Kier molecular flexibility index (Phi) is 4.91. The molecule has 18 heavy (non-hydrogen) atoms. The van der Waals surface area contributed by atoms with E-state index in [1.807, 2.05) is 38.1 Å². The van der Waals surface area contributed by atoms with Crippen molar-refractivity contribution >= 4 is 5.97 Å². The van der Waals surface area contributed by atoms with Gasteiger partial charge in [0.05, 0.1) is 19.6 Å². The smallest absolute Gasteiger partial charge is 0.317 e. The second-order valence-electron chi connectivity index (χ2n) is 4.07. The molecule has 0 saturated heterocycles. The number of benzene rings is 1. The molecule has 1 aliphatic rings. The normalized spacial score (nSPS) is 20.1. The number of esters is 1. The van der Waals surface area contributed by atoms with Crippen molar-refractivity contribution in [3.05, 3.63) is 35.4 Å². The third kappa shape index (κ3) is 2.24. The predicted molar refractivity (Wildman–Crippen MR) is 70.0 cm³/mol. The lowest BCUT2D eigenvalue weighted by atomic mass is 9.79. The van der Waals surface area contributed by atoms with Crippen molar-refractivity contribution in [2.45, 2.75) is 38.5 Å². The van der Waals surface area contributed by atoms with E-state index in [-0.39, 0.29) is 12.4 Å². The fraction of sp³-hybridized carbons (Fsp3) is 0.467. The molecule has 1 aliphatic carbocycles. The first-order valence-corrected chi connectivity index (χ1v) is 6.28. The van der Waals surface area contributed by atoms with Crippen molar-refractivity contribution in [2.75, 3.05) is 7.11 Å². The van der Waals surface area contributed by atoms with Crippen molar-refractivity contribution in [1.82, 2.24) is 0 Å². The van der Waals surface area contributed by atoms with Crippen LogP contribution >= 0.6 is 0 Å². The van der Waals surface area contributed by atoms with Crippen LogP contribution in [-0.4, -0.2) is 13.1 Å². The maximum atomic E-state index is 11.9. The van der Waals surface area contributed by atoms with Gasteiger partial charge in [-0.25, -0.2) is 0 Å². The molecule has 0 bridgehead atoms. The number of carbonyl (C=O) groups excluding carboxylic acids is 1. The van der Waals surface area contributed by atoms with Gasteiger partial charge in [0.2, 0.25) is 0 Å².